The predicted molar refractivity (Wildman–Crippen MR) is 108 cm³/mol. The minimum Gasteiger partial charge on any atom is -0.366 e. The van der Waals surface area contributed by atoms with Crippen LogP contribution < -0.4 is 10.2 Å². The summed E-state index contributed by atoms with van der Waals surface area (Å²) in [5.41, 5.74) is 2.11. The highest BCUT2D eigenvalue weighted by Gasteiger charge is 2.25. The van der Waals surface area contributed by atoms with Gasteiger partial charge < -0.3 is 10.2 Å². The number of carbonyl (C=O) groups excluding carboxylic acids is 1. The van der Waals surface area contributed by atoms with Crippen molar-refractivity contribution in [3.63, 3.8) is 0 Å². The molecule has 0 aromatic heterocycles. The smallest absolute Gasteiger partial charge is 0.293 e. The summed E-state index contributed by atoms with van der Waals surface area (Å²) in [6.07, 6.45) is 2.01. The lowest BCUT2D eigenvalue weighted by molar-refractivity contribution is -0.384. The molecule has 1 amide bonds. The normalized spacial score (nSPS) is 14.9. The fraction of sp³-hybridized carbons (Fsp3) is 0.350. The highest BCUT2D eigenvalue weighted by Crippen LogP contribution is 2.33. The first kappa shape index (κ1) is 19.2. The van der Waals surface area contributed by atoms with Gasteiger partial charge in [0, 0.05) is 35.4 Å². The van der Waals surface area contributed by atoms with Crippen LogP contribution in [0.4, 0.5) is 17.1 Å². The molecule has 0 atom stereocenters. The SMILES string of the molecule is Cc1c(Cl)cccc1NC(=O)c1ccc(N2CCC(C)CC2)c([N+](=O)[O-])c1. The zero-order valence-corrected chi connectivity index (χ0v) is 16.1. The number of hydrogen-bond acceptors (Lipinski definition) is 4. The third kappa shape index (κ3) is 4.22. The lowest BCUT2D eigenvalue weighted by Gasteiger charge is -2.31. The van der Waals surface area contributed by atoms with Crippen LogP contribution in [-0.4, -0.2) is 23.9 Å². The lowest BCUT2D eigenvalue weighted by Crippen LogP contribution is -2.33. The van der Waals surface area contributed by atoms with E-state index in [2.05, 4.69) is 12.2 Å². The Morgan fingerprint density at radius 2 is 1.96 bits per heavy atom. The number of hydrogen-bond donors (Lipinski definition) is 1. The number of rotatable bonds is 4. The van der Waals surface area contributed by atoms with E-state index < -0.39 is 10.8 Å². The summed E-state index contributed by atoms with van der Waals surface area (Å²) >= 11 is 6.08. The molecule has 1 aliphatic heterocycles. The van der Waals surface area contributed by atoms with Gasteiger partial charge in [0.25, 0.3) is 11.6 Å². The fourth-order valence-corrected chi connectivity index (χ4v) is 3.44. The summed E-state index contributed by atoms with van der Waals surface area (Å²) in [7, 11) is 0. The first-order valence-electron chi connectivity index (χ1n) is 8.96. The lowest BCUT2D eigenvalue weighted by atomic mass is 9.98. The first-order valence-corrected chi connectivity index (χ1v) is 9.34. The van der Waals surface area contributed by atoms with Gasteiger partial charge in [0.1, 0.15) is 5.69 Å². The number of anilines is 2. The number of halogens is 1. The van der Waals surface area contributed by atoms with Crippen molar-refractivity contribution in [2.75, 3.05) is 23.3 Å². The second kappa shape index (κ2) is 7.96. The maximum Gasteiger partial charge on any atom is 0.293 e. The molecule has 1 saturated heterocycles. The molecule has 1 aliphatic rings. The number of benzene rings is 2. The molecule has 2 aromatic rings. The predicted octanol–water partition coefficient (Wildman–Crippen LogP) is 5.05. The summed E-state index contributed by atoms with van der Waals surface area (Å²) < 4.78 is 0. The number of carbonyl (C=O) groups is 1. The third-order valence-corrected chi connectivity index (χ3v) is 5.48. The van der Waals surface area contributed by atoms with E-state index in [1.807, 2.05) is 4.90 Å². The minimum absolute atomic E-state index is 0.0416. The van der Waals surface area contributed by atoms with Gasteiger partial charge in [-0.2, -0.15) is 0 Å². The molecule has 0 unspecified atom stereocenters. The van der Waals surface area contributed by atoms with Crippen LogP contribution in [0.1, 0.15) is 35.7 Å². The van der Waals surface area contributed by atoms with Crippen LogP contribution in [0, 0.1) is 23.0 Å². The Hall–Kier alpha value is -2.60. The van der Waals surface area contributed by atoms with E-state index in [0.717, 1.165) is 31.5 Å². The van der Waals surface area contributed by atoms with E-state index in [1.54, 1.807) is 37.3 Å². The molecular formula is C20H22ClN3O3. The van der Waals surface area contributed by atoms with Crippen molar-refractivity contribution in [3.05, 3.63) is 62.7 Å². The summed E-state index contributed by atoms with van der Waals surface area (Å²) in [6.45, 7) is 5.57. The van der Waals surface area contributed by atoms with Gasteiger partial charge in [-0.3, -0.25) is 14.9 Å². The van der Waals surface area contributed by atoms with E-state index in [-0.39, 0.29) is 11.3 Å². The Morgan fingerprint density at radius 3 is 2.63 bits per heavy atom. The maximum absolute atomic E-state index is 12.6. The number of nitrogens with zero attached hydrogens (tertiary/aromatic N) is 2. The van der Waals surface area contributed by atoms with Gasteiger partial charge in [-0.05, 0) is 55.5 Å². The highest BCUT2D eigenvalue weighted by molar-refractivity contribution is 6.31. The van der Waals surface area contributed by atoms with Gasteiger partial charge in [0.05, 0.1) is 4.92 Å². The average molecular weight is 388 g/mol. The molecule has 0 bridgehead atoms. The zero-order chi connectivity index (χ0) is 19.6. The standard InChI is InChI=1S/C20H22ClN3O3/c1-13-8-10-23(11-9-13)18-7-6-15(12-19(18)24(26)27)20(25)22-17-5-3-4-16(21)14(17)2/h3-7,12-13H,8-11H2,1-2H3,(H,22,25). The largest absolute Gasteiger partial charge is 0.366 e. The summed E-state index contributed by atoms with van der Waals surface area (Å²) in [5.74, 6) is 0.230. The summed E-state index contributed by atoms with van der Waals surface area (Å²) in [4.78, 5) is 25.8. The van der Waals surface area contributed by atoms with Crippen molar-refractivity contribution < 1.29 is 9.72 Å². The minimum atomic E-state index is -0.422. The van der Waals surface area contributed by atoms with Crippen molar-refractivity contribution in [1.82, 2.24) is 0 Å². The summed E-state index contributed by atoms with van der Waals surface area (Å²) in [5, 5.41) is 14.9. The number of amides is 1. The van der Waals surface area contributed by atoms with Crippen molar-refractivity contribution in [1.29, 1.82) is 0 Å². The molecule has 142 valence electrons. The van der Waals surface area contributed by atoms with Crippen molar-refractivity contribution >= 4 is 34.6 Å². The van der Waals surface area contributed by atoms with Crippen LogP contribution in [0.25, 0.3) is 0 Å². The number of piperidine rings is 1. The summed E-state index contributed by atoms with van der Waals surface area (Å²) in [6, 6.07) is 9.89. The van der Waals surface area contributed by atoms with Gasteiger partial charge in [-0.25, -0.2) is 0 Å². The van der Waals surface area contributed by atoms with Crippen LogP contribution in [0.2, 0.25) is 5.02 Å². The molecule has 7 heteroatoms. The molecule has 3 rings (SSSR count). The molecule has 0 spiro atoms. The molecule has 27 heavy (non-hydrogen) atoms. The molecule has 1 N–H and O–H groups in total. The third-order valence-electron chi connectivity index (χ3n) is 5.07. The number of nitro groups is 1. The first-order chi connectivity index (χ1) is 12.9. The second-order valence-corrected chi connectivity index (χ2v) is 7.40. The Bertz CT molecular complexity index is 877. The van der Waals surface area contributed by atoms with Gasteiger partial charge in [0.15, 0.2) is 0 Å². The molecule has 0 aliphatic carbocycles. The van der Waals surface area contributed by atoms with Crippen LogP contribution in [0.3, 0.4) is 0 Å². The number of nitro benzene ring substituents is 1. The Labute approximate surface area is 163 Å². The van der Waals surface area contributed by atoms with Gasteiger partial charge in [-0.15, -0.1) is 0 Å². The molecule has 0 radical (unpaired) electrons. The molecule has 1 heterocycles. The average Bonchev–Trinajstić information content (AvgIpc) is 2.65. The van der Waals surface area contributed by atoms with Crippen molar-refractivity contribution in [2.45, 2.75) is 26.7 Å². The second-order valence-electron chi connectivity index (χ2n) is 7.00. The van der Waals surface area contributed by atoms with Crippen LogP contribution in [0.5, 0.6) is 0 Å². The van der Waals surface area contributed by atoms with Gasteiger partial charge >= 0.3 is 0 Å². The Kier molecular flexibility index (Phi) is 5.65. The maximum atomic E-state index is 12.6. The molecule has 6 nitrogen and oxygen atoms in total. The molecule has 2 aromatic carbocycles. The molecule has 0 saturated carbocycles. The monoisotopic (exact) mass is 387 g/mol. The topological polar surface area (TPSA) is 75.5 Å². The van der Waals surface area contributed by atoms with Crippen LogP contribution >= 0.6 is 11.6 Å². The van der Waals surface area contributed by atoms with Crippen LogP contribution in [-0.2, 0) is 0 Å². The van der Waals surface area contributed by atoms with E-state index >= 15 is 0 Å². The Balaban J connectivity index is 1.86. The van der Waals surface area contributed by atoms with E-state index in [4.69, 9.17) is 11.6 Å². The zero-order valence-electron chi connectivity index (χ0n) is 15.4. The van der Waals surface area contributed by atoms with E-state index in [0.29, 0.717) is 22.3 Å². The van der Waals surface area contributed by atoms with E-state index in [1.165, 1.54) is 6.07 Å². The fourth-order valence-electron chi connectivity index (χ4n) is 3.27. The van der Waals surface area contributed by atoms with Gasteiger partial charge in [0.2, 0.25) is 0 Å². The quantitative estimate of drug-likeness (QED) is 0.588. The molecular weight excluding hydrogens is 366 g/mol. The Morgan fingerprint density at radius 1 is 1.26 bits per heavy atom. The number of nitrogens with one attached hydrogen (secondary N) is 1. The van der Waals surface area contributed by atoms with E-state index in [9.17, 15) is 14.9 Å². The highest BCUT2D eigenvalue weighted by atomic mass is 35.5. The van der Waals surface area contributed by atoms with Crippen molar-refractivity contribution in [2.24, 2.45) is 5.92 Å². The van der Waals surface area contributed by atoms with Crippen molar-refractivity contribution in [3.8, 4) is 0 Å². The molecule has 1 fully saturated rings. The van der Waals surface area contributed by atoms with Crippen LogP contribution in [0.15, 0.2) is 36.4 Å². The van der Waals surface area contributed by atoms with Gasteiger partial charge in [-0.1, -0.05) is 24.6 Å².